The molecule has 3 aromatic rings. The fraction of sp³-hybridized carbons (Fsp3) is 0.360. The molecule has 0 radical (unpaired) electrons. The summed E-state index contributed by atoms with van der Waals surface area (Å²) in [5.41, 5.74) is 2.65. The minimum atomic E-state index is -0.519. The molecule has 0 aliphatic heterocycles. The Hall–Kier alpha value is -3.64. The van der Waals surface area contributed by atoms with Gasteiger partial charge in [-0.15, -0.1) is 11.3 Å². The maximum atomic E-state index is 12.7. The van der Waals surface area contributed by atoms with Crippen LogP contribution in [0.2, 0.25) is 0 Å². The van der Waals surface area contributed by atoms with Gasteiger partial charge >= 0.3 is 6.09 Å². The molecule has 9 heteroatoms. The molecule has 8 nitrogen and oxygen atoms in total. The van der Waals surface area contributed by atoms with E-state index in [4.69, 9.17) is 14.0 Å². The van der Waals surface area contributed by atoms with Crippen LogP contribution in [0.1, 0.15) is 45.0 Å². The molecule has 4 rings (SSSR count). The van der Waals surface area contributed by atoms with Crippen LogP contribution in [0.3, 0.4) is 0 Å². The van der Waals surface area contributed by atoms with Crippen LogP contribution in [-0.4, -0.2) is 30.2 Å². The molecule has 0 fully saturated rings. The Morgan fingerprint density at radius 1 is 1.35 bits per heavy atom. The maximum Gasteiger partial charge on any atom is 0.407 e. The molecule has 1 amide bonds. The molecule has 2 aromatic heterocycles. The van der Waals surface area contributed by atoms with E-state index < -0.39 is 6.09 Å². The van der Waals surface area contributed by atoms with Crippen molar-refractivity contribution in [3.63, 3.8) is 0 Å². The molecular weight excluding hydrogens is 454 g/mol. The highest BCUT2D eigenvalue weighted by Gasteiger charge is 2.28. The fourth-order valence-corrected chi connectivity index (χ4v) is 5.43. The zero-order valence-corrected chi connectivity index (χ0v) is 19.7. The second kappa shape index (κ2) is 11.0. The number of rotatable bonds is 9. The number of carbonyl (C=O) groups is 2. The first-order valence-corrected chi connectivity index (χ1v) is 11.9. The van der Waals surface area contributed by atoms with Gasteiger partial charge in [0.1, 0.15) is 23.7 Å². The number of hydrogen-bond donors (Lipinski definition) is 1. The van der Waals surface area contributed by atoms with Gasteiger partial charge in [-0.2, -0.15) is 5.26 Å². The predicted octanol–water partition coefficient (Wildman–Crippen LogP) is 4.14. The highest BCUT2D eigenvalue weighted by molar-refractivity contribution is 7.12. The van der Waals surface area contributed by atoms with Crippen molar-refractivity contribution in [1.82, 2.24) is 10.5 Å². The topological polar surface area (TPSA) is 114 Å². The van der Waals surface area contributed by atoms with Crippen LogP contribution in [0.25, 0.3) is 0 Å². The van der Waals surface area contributed by atoms with Crippen molar-refractivity contribution in [3.05, 3.63) is 68.7 Å². The number of nitrogens with zero attached hydrogens (tertiary/aromatic N) is 2. The first kappa shape index (κ1) is 23.5. The molecular formula is C25H25N3O5S. The van der Waals surface area contributed by atoms with Crippen LogP contribution >= 0.6 is 11.3 Å². The quantitative estimate of drug-likeness (QED) is 0.490. The number of methoxy groups -OCH3 is 1. The molecule has 1 N–H and O–H groups in total. The van der Waals surface area contributed by atoms with Crippen molar-refractivity contribution in [2.24, 2.45) is 0 Å². The molecule has 176 valence electrons. The van der Waals surface area contributed by atoms with Crippen LogP contribution in [0, 0.1) is 11.3 Å². The third kappa shape index (κ3) is 5.83. The minimum Gasteiger partial charge on any atom is -0.497 e. The van der Waals surface area contributed by atoms with Crippen molar-refractivity contribution in [2.75, 3.05) is 7.11 Å². The number of Topliss-reactive ketones (excluding diaryl/α,β-unsaturated/α-hetero) is 1. The number of aromatic nitrogens is 1. The Kier molecular flexibility index (Phi) is 7.60. The zero-order valence-electron chi connectivity index (χ0n) is 18.8. The lowest BCUT2D eigenvalue weighted by molar-refractivity contribution is -0.118. The second-order valence-electron chi connectivity index (χ2n) is 8.08. The Morgan fingerprint density at radius 3 is 3.00 bits per heavy atom. The predicted molar refractivity (Wildman–Crippen MR) is 125 cm³/mol. The number of alkyl carbamates (subject to hydrolysis) is 1. The van der Waals surface area contributed by atoms with Gasteiger partial charge < -0.3 is 19.3 Å². The highest BCUT2D eigenvalue weighted by Crippen LogP contribution is 2.35. The third-order valence-electron chi connectivity index (χ3n) is 5.76. The summed E-state index contributed by atoms with van der Waals surface area (Å²) in [7, 11) is 1.62. The molecule has 0 saturated carbocycles. The van der Waals surface area contributed by atoms with Crippen LogP contribution in [-0.2, 0) is 41.8 Å². The molecule has 2 heterocycles. The number of hydrogen-bond acceptors (Lipinski definition) is 8. The summed E-state index contributed by atoms with van der Waals surface area (Å²) in [5.74, 6) is 1.41. The standard InChI is InChI=1S/C25H25N3O5S/c1-31-18-4-2-3-16(11-18)5-6-17(29)12-23-22(14-26)21-8-7-19(13-24(21)34-23)32-25(30)27-15-20-9-10-28-33-20/h2-4,9-11,19H,5-8,12-13,15H2,1H3,(H,27,30). The number of amides is 1. The largest absolute Gasteiger partial charge is 0.497 e. The van der Waals surface area contributed by atoms with Gasteiger partial charge in [-0.3, -0.25) is 4.79 Å². The van der Waals surface area contributed by atoms with Gasteiger partial charge in [-0.25, -0.2) is 4.79 Å². The summed E-state index contributed by atoms with van der Waals surface area (Å²) >= 11 is 1.49. The number of ether oxygens (including phenoxy) is 2. The van der Waals surface area contributed by atoms with Crippen molar-refractivity contribution < 1.29 is 23.6 Å². The summed E-state index contributed by atoms with van der Waals surface area (Å²) in [4.78, 5) is 26.6. The van der Waals surface area contributed by atoms with Crippen LogP contribution < -0.4 is 10.1 Å². The molecule has 1 unspecified atom stereocenters. The molecule has 0 bridgehead atoms. The van der Waals surface area contributed by atoms with Crippen LogP contribution in [0.15, 0.2) is 41.1 Å². The van der Waals surface area contributed by atoms with E-state index in [2.05, 4.69) is 16.5 Å². The lowest BCUT2D eigenvalue weighted by atomic mass is 9.92. The number of nitrogens with one attached hydrogen (secondary N) is 1. The Labute approximate surface area is 201 Å². The summed E-state index contributed by atoms with van der Waals surface area (Å²) < 4.78 is 15.7. The number of fused-ring (bicyclic) bond motifs is 1. The van der Waals surface area contributed by atoms with Gasteiger partial charge in [0.25, 0.3) is 0 Å². The van der Waals surface area contributed by atoms with Crippen molar-refractivity contribution >= 4 is 23.2 Å². The van der Waals surface area contributed by atoms with Crippen LogP contribution in [0.4, 0.5) is 4.79 Å². The number of carbonyl (C=O) groups excluding carboxylic acids is 2. The normalized spacial score (nSPS) is 14.6. The van der Waals surface area contributed by atoms with Crippen molar-refractivity contribution in [2.45, 2.75) is 51.2 Å². The van der Waals surface area contributed by atoms with E-state index >= 15 is 0 Å². The second-order valence-corrected chi connectivity index (χ2v) is 9.27. The number of thiophene rings is 1. The Bertz CT molecular complexity index is 1200. The molecule has 0 saturated heterocycles. The van der Waals surface area contributed by atoms with Gasteiger partial charge in [0.15, 0.2) is 5.76 Å². The number of aryl methyl sites for hydroxylation is 1. The summed E-state index contributed by atoms with van der Waals surface area (Å²) in [6.45, 7) is 0.205. The van der Waals surface area contributed by atoms with Crippen molar-refractivity contribution in [3.8, 4) is 11.8 Å². The number of benzene rings is 1. The van der Waals surface area contributed by atoms with Gasteiger partial charge in [0.05, 0.1) is 25.4 Å². The Morgan fingerprint density at radius 2 is 2.24 bits per heavy atom. The summed E-state index contributed by atoms with van der Waals surface area (Å²) in [5, 5.41) is 16.0. The third-order valence-corrected chi connectivity index (χ3v) is 7.02. The fourth-order valence-electron chi connectivity index (χ4n) is 4.03. The average molecular weight is 480 g/mol. The highest BCUT2D eigenvalue weighted by atomic mass is 32.1. The number of nitriles is 1. The molecule has 0 spiro atoms. The van der Waals surface area contributed by atoms with E-state index in [1.165, 1.54) is 17.5 Å². The van der Waals surface area contributed by atoms with E-state index in [0.717, 1.165) is 26.6 Å². The molecule has 1 atom stereocenters. The van der Waals surface area contributed by atoms with Gasteiger partial charge in [0.2, 0.25) is 0 Å². The van der Waals surface area contributed by atoms with Gasteiger partial charge in [0, 0.05) is 35.1 Å². The average Bonchev–Trinajstić information content (AvgIpc) is 3.48. The van der Waals surface area contributed by atoms with Gasteiger partial charge in [-0.1, -0.05) is 17.3 Å². The van der Waals surface area contributed by atoms with Crippen LogP contribution in [0.5, 0.6) is 5.75 Å². The van der Waals surface area contributed by atoms with E-state index in [1.54, 1.807) is 13.2 Å². The van der Waals surface area contributed by atoms with E-state index in [1.807, 2.05) is 24.3 Å². The first-order chi connectivity index (χ1) is 16.6. The zero-order chi connectivity index (χ0) is 23.9. The molecule has 1 aliphatic rings. The van der Waals surface area contributed by atoms with E-state index in [0.29, 0.717) is 43.4 Å². The molecule has 1 aromatic carbocycles. The minimum absolute atomic E-state index is 0.0949. The van der Waals surface area contributed by atoms with E-state index in [-0.39, 0.29) is 24.9 Å². The Balaban J connectivity index is 1.33. The van der Waals surface area contributed by atoms with E-state index in [9.17, 15) is 14.9 Å². The monoisotopic (exact) mass is 479 g/mol. The van der Waals surface area contributed by atoms with Crippen molar-refractivity contribution in [1.29, 1.82) is 5.26 Å². The lowest BCUT2D eigenvalue weighted by Gasteiger charge is -2.22. The first-order valence-electron chi connectivity index (χ1n) is 11.1. The summed E-state index contributed by atoms with van der Waals surface area (Å²) in [6.07, 6.45) is 3.81. The summed E-state index contributed by atoms with van der Waals surface area (Å²) in [6, 6.07) is 11.7. The number of ketones is 1. The molecule has 34 heavy (non-hydrogen) atoms. The molecule has 1 aliphatic carbocycles. The van der Waals surface area contributed by atoms with Gasteiger partial charge in [-0.05, 0) is 42.5 Å². The lowest BCUT2D eigenvalue weighted by Crippen LogP contribution is -2.31. The smallest absolute Gasteiger partial charge is 0.407 e. The SMILES string of the molecule is COc1cccc(CCC(=O)Cc2sc3c(c2C#N)CCC(OC(=O)NCc2ccno2)C3)c1. The maximum absolute atomic E-state index is 12.7.